The fourth-order valence-corrected chi connectivity index (χ4v) is 3.65. The molecule has 0 unspecified atom stereocenters. The molecule has 1 amide bonds. The smallest absolute Gasteiger partial charge is 0.256 e. The maximum Gasteiger partial charge on any atom is 0.256 e. The summed E-state index contributed by atoms with van der Waals surface area (Å²) in [5.74, 6) is 0.396. The molecule has 0 atom stereocenters. The summed E-state index contributed by atoms with van der Waals surface area (Å²) in [7, 11) is 0. The van der Waals surface area contributed by atoms with Gasteiger partial charge in [-0.2, -0.15) is 0 Å². The maximum absolute atomic E-state index is 13.0. The fraction of sp³-hybridized carbons (Fsp3) is 0.0741. The third kappa shape index (κ3) is 5.79. The lowest BCUT2D eigenvalue weighted by Crippen LogP contribution is -2.14. The van der Waals surface area contributed by atoms with Crippen LogP contribution in [0.3, 0.4) is 0 Å². The first-order valence-corrected chi connectivity index (χ1v) is 11.0. The van der Waals surface area contributed by atoms with Gasteiger partial charge >= 0.3 is 0 Å². The number of rotatable bonds is 7. The lowest BCUT2D eigenvalue weighted by molar-refractivity contribution is 0.102. The van der Waals surface area contributed by atoms with Crippen LogP contribution in [0.15, 0.2) is 85.7 Å². The molecule has 170 valence electrons. The molecule has 34 heavy (non-hydrogen) atoms. The molecule has 0 radical (unpaired) electrons. The van der Waals surface area contributed by atoms with Crippen LogP contribution < -0.4 is 16.4 Å². The molecule has 4 rings (SSSR count). The first-order valence-electron chi connectivity index (χ1n) is 10.7. The van der Waals surface area contributed by atoms with Crippen molar-refractivity contribution in [1.29, 1.82) is 0 Å². The SMILES string of the molecule is C=C(Nc1ccc(C)c(C(=O)Nc2cnc(Cc3cccc(N)c3)nc2)c1)c1cccc(Cl)c1. The summed E-state index contributed by atoms with van der Waals surface area (Å²) in [6.07, 6.45) is 3.76. The van der Waals surface area contributed by atoms with Gasteiger partial charge < -0.3 is 16.4 Å². The number of carbonyl (C=O) groups excluding carboxylic acids is 1. The Balaban J connectivity index is 1.44. The minimum atomic E-state index is -0.248. The number of amides is 1. The molecule has 0 fully saturated rings. The van der Waals surface area contributed by atoms with E-state index in [-0.39, 0.29) is 5.91 Å². The van der Waals surface area contributed by atoms with E-state index in [4.69, 9.17) is 17.3 Å². The molecular formula is C27H24ClN5O. The van der Waals surface area contributed by atoms with Gasteiger partial charge in [-0.1, -0.05) is 48.5 Å². The van der Waals surface area contributed by atoms with Gasteiger partial charge in [0.05, 0.1) is 18.1 Å². The second-order valence-corrected chi connectivity index (χ2v) is 8.34. The Morgan fingerprint density at radius 2 is 1.74 bits per heavy atom. The third-order valence-electron chi connectivity index (χ3n) is 5.23. The van der Waals surface area contributed by atoms with Crippen molar-refractivity contribution >= 4 is 40.3 Å². The molecule has 0 saturated carbocycles. The van der Waals surface area contributed by atoms with Gasteiger partial charge in [0.15, 0.2) is 0 Å². The zero-order valence-electron chi connectivity index (χ0n) is 18.7. The zero-order valence-corrected chi connectivity index (χ0v) is 19.4. The summed E-state index contributed by atoms with van der Waals surface area (Å²) in [6, 6.07) is 20.6. The summed E-state index contributed by atoms with van der Waals surface area (Å²) >= 11 is 6.08. The number of aryl methyl sites for hydroxylation is 1. The van der Waals surface area contributed by atoms with Crippen LogP contribution in [0.1, 0.15) is 32.9 Å². The molecule has 3 aromatic carbocycles. The average molecular weight is 470 g/mol. The van der Waals surface area contributed by atoms with Gasteiger partial charge in [0.25, 0.3) is 5.91 Å². The Morgan fingerprint density at radius 1 is 0.971 bits per heavy atom. The molecule has 0 bridgehead atoms. The number of carbonyl (C=O) groups is 1. The minimum absolute atomic E-state index is 0.248. The van der Waals surface area contributed by atoms with Crippen LogP contribution in [0.5, 0.6) is 0 Å². The highest BCUT2D eigenvalue weighted by Crippen LogP contribution is 2.23. The predicted molar refractivity (Wildman–Crippen MR) is 139 cm³/mol. The van der Waals surface area contributed by atoms with Gasteiger partial charge in [-0.05, 0) is 60.0 Å². The Bertz CT molecular complexity index is 1350. The highest BCUT2D eigenvalue weighted by atomic mass is 35.5. The molecule has 6 nitrogen and oxygen atoms in total. The third-order valence-corrected chi connectivity index (χ3v) is 5.46. The lowest BCUT2D eigenvalue weighted by atomic mass is 10.1. The second kappa shape index (κ2) is 10.2. The van der Waals surface area contributed by atoms with Gasteiger partial charge in [-0.15, -0.1) is 0 Å². The number of aromatic nitrogens is 2. The number of anilines is 3. The van der Waals surface area contributed by atoms with Crippen molar-refractivity contribution in [1.82, 2.24) is 9.97 Å². The lowest BCUT2D eigenvalue weighted by Gasteiger charge is -2.13. The van der Waals surface area contributed by atoms with E-state index < -0.39 is 0 Å². The number of halogens is 1. The second-order valence-electron chi connectivity index (χ2n) is 7.91. The molecule has 0 spiro atoms. The molecular weight excluding hydrogens is 446 g/mol. The molecule has 1 aromatic heterocycles. The maximum atomic E-state index is 13.0. The van der Waals surface area contributed by atoms with Crippen LogP contribution >= 0.6 is 11.6 Å². The van der Waals surface area contributed by atoms with Crippen LogP contribution in [0.2, 0.25) is 5.02 Å². The first kappa shape index (κ1) is 23.0. The number of hydrogen-bond donors (Lipinski definition) is 3. The fourth-order valence-electron chi connectivity index (χ4n) is 3.46. The van der Waals surface area contributed by atoms with E-state index >= 15 is 0 Å². The van der Waals surface area contributed by atoms with E-state index in [9.17, 15) is 4.79 Å². The molecule has 0 aliphatic heterocycles. The monoisotopic (exact) mass is 469 g/mol. The molecule has 1 heterocycles. The van der Waals surface area contributed by atoms with E-state index in [0.29, 0.717) is 39.9 Å². The first-order chi connectivity index (χ1) is 16.4. The van der Waals surface area contributed by atoms with Crippen molar-refractivity contribution in [3.63, 3.8) is 0 Å². The van der Waals surface area contributed by atoms with Crippen LogP contribution in [0.25, 0.3) is 5.70 Å². The van der Waals surface area contributed by atoms with E-state index in [1.165, 1.54) is 0 Å². The van der Waals surface area contributed by atoms with Crippen LogP contribution in [-0.4, -0.2) is 15.9 Å². The van der Waals surface area contributed by atoms with Gasteiger partial charge in [0.2, 0.25) is 0 Å². The van der Waals surface area contributed by atoms with Crippen molar-refractivity contribution in [3.05, 3.63) is 119 Å². The Hall–Kier alpha value is -4.16. The van der Waals surface area contributed by atoms with E-state index in [2.05, 4.69) is 27.2 Å². The average Bonchev–Trinajstić information content (AvgIpc) is 2.81. The van der Waals surface area contributed by atoms with E-state index in [0.717, 1.165) is 22.4 Å². The Kier molecular flexibility index (Phi) is 6.90. The molecule has 4 aromatic rings. The van der Waals surface area contributed by atoms with Gasteiger partial charge in [-0.3, -0.25) is 4.79 Å². The summed E-state index contributed by atoms with van der Waals surface area (Å²) in [6.45, 7) is 5.96. The highest BCUT2D eigenvalue weighted by molar-refractivity contribution is 6.30. The summed E-state index contributed by atoms with van der Waals surface area (Å²) in [5.41, 5.74) is 11.7. The Morgan fingerprint density at radius 3 is 2.47 bits per heavy atom. The number of nitrogens with two attached hydrogens (primary N) is 1. The van der Waals surface area contributed by atoms with Crippen LogP contribution in [0, 0.1) is 6.92 Å². The van der Waals surface area contributed by atoms with Crippen molar-refractivity contribution in [2.45, 2.75) is 13.3 Å². The van der Waals surface area contributed by atoms with Crippen molar-refractivity contribution in [2.24, 2.45) is 0 Å². The topological polar surface area (TPSA) is 92.9 Å². The minimum Gasteiger partial charge on any atom is -0.399 e. The van der Waals surface area contributed by atoms with Gasteiger partial charge in [0.1, 0.15) is 5.82 Å². The standard InChI is InChI=1S/C27H24ClN5O/c1-17-9-10-23(32-18(2)20-6-4-7-21(28)13-20)14-25(17)27(34)33-24-15-30-26(31-16-24)12-19-5-3-8-22(29)11-19/h3-11,13-16,32H,2,12,29H2,1H3,(H,33,34). The van der Waals surface area contributed by atoms with Gasteiger partial charge in [-0.25, -0.2) is 9.97 Å². The molecule has 0 aliphatic rings. The summed E-state index contributed by atoms with van der Waals surface area (Å²) in [4.78, 5) is 21.7. The number of nitrogens with zero attached hydrogens (tertiary/aromatic N) is 2. The highest BCUT2D eigenvalue weighted by Gasteiger charge is 2.12. The largest absolute Gasteiger partial charge is 0.399 e. The van der Waals surface area contributed by atoms with E-state index in [1.807, 2.05) is 61.5 Å². The molecule has 0 aliphatic carbocycles. The number of nitrogens with one attached hydrogen (secondary N) is 2. The van der Waals surface area contributed by atoms with Crippen molar-refractivity contribution in [3.8, 4) is 0 Å². The quantitative estimate of drug-likeness (QED) is 0.291. The van der Waals surface area contributed by atoms with Crippen LogP contribution in [0.4, 0.5) is 17.1 Å². The summed E-state index contributed by atoms with van der Waals surface area (Å²) in [5, 5.41) is 6.74. The molecule has 7 heteroatoms. The predicted octanol–water partition coefficient (Wildman–Crippen LogP) is 5.95. The number of hydrogen-bond acceptors (Lipinski definition) is 5. The van der Waals surface area contributed by atoms with Gasteiger partial charge in [0, 0.05) is 34.1 Å². The normalized spacial score (nSPS) is 10.5. The number of nitrogen functional groups attached to an aromatic ring is 1. The number of benzene rings is 3. The molecule has 0 saturated heterocycles. The molecule has 4 N–H and O–H groups in total. The zero-order chi connectivity index (χ0) is 24.1. The summed E-state index contributed by atoms with van der Waals surface area (Å²) < 4.78 is 0. The van der Waals surface area contributed by atoms with Crippen LogP contribution in [-0.2, 0) is 6.42 Å². The Labute approximate surface area is 203 Å². The van der Waals surface area contributed by atoms with E-state index in [1.54, 1.807) is 24.5 Å². The van der Waals surface area contributed by atoms with Crippen molar-refractivity contribution in [2.75, 3.05) is 16.4 Å². The van der Waals surface area contributed by atoms with Crippen molar-refractivity contribution < 1.29 is 4.79 Å².